The molecular formula is C16H17BrFNO3. The molecule has 0 bridgehead atoms. The summed E-state index contributed by atoms with van der Waals surface area (Å²) in [6, 6.07) is 8.73. The van der Waals surface area contributed by atoms with Crippen molar-refractivity contribution in [2.45, 2.75) is 6.54 Å². The van der Waals surface area contributed by atoms with Crippen molar-refractivity contribution in [3.63, 3.8) is 0 Å². The molecule has 0 unspecified atom stereocenters. The fourth-order valence-electron chi connectivity index (χ4n) is 2.13. The molecule has 0 heterocycles. The molecule has 4 nitrogen and oxygen atoms in total. The largest absolute Gasteiger partial charge is 0.493 e. The van der Waals surface area contributed by atoms with Crippen LogP contribution in [0.15, 0.2) is 34.8 Å². The van der Waals surface area contributed by atoms with Gasteiger partial charge in [-0.3, -0.25) is 0 Å². The quantitative estimate of drug-likeness (QED) is 0.826. The summed E-state index contributed by atoms with van der Waals surface area (Å²) in [5.41, 5.74) is 1.24. The molecule has 0 aliphatic carbocycles. The summed E-state index contributed by atoms with van der Waals surface area (Å²) < 4.78 is 30.4. The highest BCUT2D eigenvalue weighted by Gasteiger charge is 2.16. The van der Waals surface area contributed by atoms with Crippen LogP contribution >= 0.6 is 15.9 Å². The third kappa shape index (κ3) is 3.27. The van der Waals surface area contributed by atoms with E-state index in [0.29, 0.717) is 34.0 Å². The number of rotatable bonds is 6. The zero-order valence-corrected chi connectivity index (χ0v) is 14.2. The van der Waals surface area contributed by atoms with Crippen molar-refractivity contribution < 1.29 is 18.6 Å². The fraction of sp³-hybridized carbons (Fsp3) is 0.250. The Morgan fingerprint density at radius 1 is 1.00 bits per heavy atom. The maximum absolute atomic E-state index is 14.0. The molecular weight excluding hydrogens is 353 g/mol. The molecule has 2 rings (SSSR count). The lowest BCUT2D eigenvalue weighted by Crippen LogP contribution is -2.05. The van der Waals surface area contributed by atoms with E-state index in [4.69, 9.17) is 14.2 Å². The minimum atomic E-state index is -0.332. The molecule has 1 N–H and O–H groups in total. The summed E-state index contributed by atoms with van der Waals surface area (Å²) >= 11 is 3.17. The van der Waals surface area contributed by atoms with Gasteiger partial charge in [0.1, 0.15) is 0 Å². The van der Waals surface area contributed by atoms with Crippen LogP contribution in [0.4, 0.5) is 10.1 Å². The predicted molar refractivity (Wildman–Crippen MR) is 87.5 cm³/mol. The molecule has 0 radical (unpaired) electrons. The van der Waals surface area contributed by atoms with E-state index >= 15 is 0 Å². The first-order chi connectivity index (χ1) is 10.6. The third-order valence-corrected chi connectivity index (χ3v) is 3.82. The Kier molecular flexibility index (Phi) is 5.49. The number of hydrogen-bond donors (Lipinski definition) is 1. The van der Waals surface area contributed by atoms with Gasteiger partial charge in [0.25, 0.3) is 0 Å². The van der Waals surface area contributed by atoms with Crippen LogP contribution in [0.2, 0.25) is 0 Å². The number of halogens is 2. The first-order valence-corrected chi connectivity index (χ1v) is 7.37. The number of nitrogens with one attached hydrogen (secondary N) is 1. The number of anilines is 1. The molecule has 2 aromatic rings. The second kappa shape index (κ2) is 7.35. The van der Waals surface area contributed by atoms with Crippen LogP contribution < -0.4 is 19.5 Å². The fourth-order valence-corrected chi connectivity index (χ4v) is 2.50. The second-order valence-corrected chi connectivity index (χ2v) is 5.30. The van der Waals surface area contributed by atoms with Gasteiger partial charge < -0.3 is 19.5 Å². The van der Waals surface area contributed by atoms with E-state index < -0.39 is 0 Å². The summed E-state index contributed by atoms with van der Waals surface area (Å²) in [6.45, 7) is 0.386. The van der Waals surface area contributed by atoms with Gasteiger partial charge in [0.15, 0.2) is 17.3 Å². The highest BCUT2D eigenvalue weighted by Crippen LogP contribution is 2.40. The van der Waals surface area contributed by atoms with Gasteiger partial charge in [-0.05, 0) is 40.2 Å². The number of methoxy groups -OCH3 is 3. The summed E-state index contributed by atoms with van der Waals surface area (Å²) in [4.78, 5) is 0. The van der Waals surface area contributed by atoms with E-state index in [9.17, 15) is 4.39 Å². The lowest BCUT2D eigenvalue weighted by Gasteiger charge is -2.16. The molecule has 0 spiro atoms. The summed E-state index contributed by atoms with van der Waals surface area (Å²) in [6.07, 6.45) is 0. The predicted octanol–water partition coefficient (Wildman–Crippen LogP) is 4.23. The van der Waals surface area contributed by atoms with Gasteiger partial charge in [-0.15, -0.1) is 0 Å². The van der Waals surface area contributed by atoms with Gasteiger partial charge >= 0.3 is 0 Å². The average molecular weight is 370 g/mol. The van der Waals surface area contributed by atoms with Crippen molar-refractivity contribution >= 4 is 21.6 Å². The van der Waals surface area contributed by atoms with E-state index in [2.05, 4.69) is 21.2 Å². The summed E-state index contributed by atoms with van der Waals surface area (Å²) in [7, 11) is 4.66. The van der Waals surface area contributed by atoms with Gasteiger partial charge in [-0.1, -0.05) is 6.07 Å². The van der Waals surface area contributed by atoms with E-state index in [0.717, 1.165) is 5.56 Å². The molecule has 0 atom stereocenters. The monoisotopic (exact) mass is 369 g/mol. The number of hydrogen-bond acceptors (Lipinski definition) is 4. The van der Waals surface area contributed by atoms with Crippen LogP contribution in [0.3, 0.4) is 0 Å². The zero-order chi connectivity index (χ0) is 16.1. The lowest BCUT2D eigenvalue weighted by atomic mass is 10.1. The van der Waals surface area contributed by atoms with Gasteiger partial charge in [0, 0.05) is 12.1 Å². The molecule has 2 aromatic carbocycles. The average Bonchev–Trinajstić information content (AvgIpc) is 2.55. The SMILES string of the molecule is COc1ccc(CNc2cccc(Br)c2F)c(OC)c1OC. The van der Waals surface area contributed by atoms with Gasteiger partial charge in [0.2, 0.25) is 5.75 Å². The minimum Gasteiger partial charge on any atom is -0.493 e. The van der Waals surface area contributed by atoms with E-state index in [1.165, 1.54) is 0 Å². The van der Waals surface area contributed by atoms with Crippen molar-refractivity contribution in [1.82, 2.24) is 0 Å². The van der Waals surface area contributed by atoms with Gasteiger partial charge in [0.05, 0.1) is 31.5 Å². The van der Waals surface area contributed by atoms with Crippen LogP contribution in [0.1, 0.15) is 5.56 Å². The van der Waals surface area contributed by atoms with Crippen molar-refractivity contribution in [2.24, 2.45) is 0 Å². The van der Waals surface area contributed by atoms with E-state index in [1.54, 1.807) is 45.6 Å². The minimum absolute atomic E-state index is 0.332. The first-order valence-electron chi connectivity index (χ1n) is 6.58. The molecule has 0 saturated carbocycles. The zero-order valence-electron chi connectivity index (χ0n) is 12.6. The lowest BCUT2D eigenvalue weighted by molar-refractivity contribution is 0.322. The molecule has 0 amide bonds. The summed E-state index contributed by atoms with van der Waals surface area (Å²) in [5, 5.41) is 3.05. The molecule has 0 aliphatic rings. The molecule has 0 fully saturated rings. The Labute approximate surface area is 137 Å². The van der Waals surface area contributed by atoms with E-state index in [1.807, 2.05) is 6.07 Å². The third-order valence-electron chi connectivity index (χ3n) is 3.21. The normalized spacial score (nSPS) is 10.2. The molecule has 6 heteroatoms. The molecule has 118 valence electrons. The van der Waals surface area contributed by atoms with Crippen molar-refractivity contribution in [2.75, 3.05) is 26.6 Å². The van der Waals surface area contributed by atoms with Crippen LogP contribution in [-0.4, -0.2) is 21.3 Å². The Balaban J connectivity index is 2.28. The Bertz CT molecular complexity index is 664. The van der Waals surface area contributed by atoms with Crippen molar-refractivity contribution in [3.8, 4) is 17.2 Å². The first kappa shape index (κ1) is 16.4. The van der Waals surface area contributed by atoms with Gasteiger partial charge in [-0.25, -0.2) is 4.39 Å². The maximum atomic E-state index is 14.0. The van der Waals surface area contributed by atoms with Crippen molar-refractivity contribution in [1.29, 1.82) is 0 Å². The number of ether oxygens (including phenoxy) is 3. The number of benzene rings is 2. The Hall–Kier alpha value is -1.95. The molecule has 0 aliphatic heterocycles. The van der Waals surface area contributed by atoms with Crippen LogP contribution in [-0.2, 0) is 6.54 Å². The van der Waals surface area contributed by atoms with Crippen LogP contribution in [0.5, 0.6) is 17.2 Å². The smallest absolute Gasteiger partial charge is 0.203 e. The maximum Gasteiger partial charge on any atom is 0.203 e. The van der Waals surface area contributed by atoms with Crippen LogP contribution in [0, 0.1) is 5.82 Å². The van der Waals surface area contributed by atoms with Crippen LogP contribution in [0.25, 0.3) is 0 Å². The summed E-state index contributed by atoms with van der Waals surface area (Å²) in [5.74, 6) is 1.32. The Morgan fingerprint density at radius 3 is 2.36 bits per heavy atom. The molecule has 22 heavy (non-hydrogen) atoms. The highest BCUT2D eigenvalue weighted by atomic mass is 79.9. The molecule has 0 saturated heterocycles. The van der Waals surface area contributed by atoms with E-state index in [-0.39, 0.29) is 5.82 Å². The topological polar surface area (TPSA) is 39.7 Å². The highest BCUT2D eigenvalue weighted by molar-refractivity contribution is 9.10. The van der Waals surface area contributed by atoms with Crippen molar-refractivity contribution in [3.05, 3.63) is 46.2 Å². The Morgan fingerprint density at radius 2 is 1.73 bits per heavy atom. The second-order valence-electron chi connectivity index (χ2n) is 4.45. The standard InChI is InChI=1S/C16H17BrFNO3/c1-20-13-8-7-10(15(21-2)16(13)22-3)9-19-12-6-4-5-11(17)14(12)18/h4-8,19H,9H2,1-3H3. The molecule has 0 aromatic heterocycles. The van der Waals surface area contributed by atoms with Gasteiger partial charge in [-0.2, -0.15) is 0 Å².